The summed E-state index contributed by atoms with van der Waals surface area (Å²) in [4.78, 5) is 0. The average Bonchev–Trinajstić information content (AvgIpc) is 1.91. The van der Waals surface area contributed by atoms with Gasteiger partial charge in [0.05, 0.1) is 0 Å². The second kappa shape index (κ2) is 15.7. The molecule has 0 aliphatic carbocycles. The Morgan fingerprint density at radius 2 is 1.44 bits per heavy atom. The van der Waals surface area contributed by atoms with Crippen molar-refractivity contribution in [2.45, 2.75) is 20.3 Å². The van der Waals surface area contributed by atoms with Gasteiger partial charge in [-0.25, -0.2) is 0 Å². The molecule has 2 heteroatoms. The molecule has 0 rings (SSSR count). The van der Waals surface area contributed by atoms with Crippen molar-refractivity contribution >= 4 is 0 Å². The van der Waals surface area contributed by atoms with E-state index in [4.69, 9.17) is 4.74 Å². The highest BCUT2D eigenvalue weighted by Crippen LogP contribution is 1.70. The van der Waals surface area contributed by atoms with E-state index in [0.29, 0.717) is 0 Å². The Morgan fingerprint density at radius 3 is 1.44 bits per heavy atom. The number of hydrogen-bond acceptors (Lipinski definition) is 2. The fourth-order valence-electron chi connectivity index (χ4n) is 0.204. The van der Waals surface area contributed by atoms with E-state index >= 15 is 0 Å². The highest BCUT2D eigenvalue weighted by Gasteiger charge is 1.66. The Morgan fingerprint density at radius 1 is 1.00 bits per heavy atom. The van der Waals surface area contributed by atoms with E-state index in [2.05, 4.69) is 11.7 Å². The monoisotopic (exact) mass is 134 g/mol. The number of hydrogen-bond donors (Lipinski definition) is 0. The summed E-state index contributed by atoms with van der Waals surface area (Å²) >= 11 is 0. The molecule has 9 heavy (non-hydrogen) atoms. The van der Waals surface area contributed by atoms with Gasteiger partial charge in [-0.05, 0) is 13.3 Å². The number of ether oxygens (including phenoxy) is 2. The lowest BCUT2D eigenvalue weighted by molar-refractivity contribution is 0.199. The maximum Gasteiger partial charge on any atom is 0.0459 e. The Hall–Kier alpha value is -0.0800. The molecule has 0 atom stereocenters. The van der Waals surface area contributed by atoms with Crippen molar-refractivity contribution in [3.05, 3.63) is 0 Å². The zero-order valence-electron chi connectivity index (χ0n) is 6.94. The quantitative estimate of drug-likeness (QED) is 0.585. The Labute approximate surface area is 58.2 Å². The minimum atomic E-state index is 0.819. The summed E-state index contributed by atoms with van der Waals surface area (Å²) < 4.78 is 9.23. The molecule has 0 aromatic heterocycles. The average molecular weight is 134 g/mol. The Balaban J connectivity index is 0. The topological polar surface area (TPSA) is 18.5 Å². The molecule has 0 bridgehead atoms. The molecule has 0 fully saturated rings. The molecule has 0 aliphatic heterocycles. The van der Waals surface area contributed by atoms with Crippen molar-refractivity contribution in [2.75, 3.05) is 27.4 Å². The van der Waals surface area contributed by atoms with Gasteiger partial charge < -0.3 is 9.47 Å². The first-order valence-corrected chi connectivity index (χ1v) is 3.31. The summed E-state index contributed by atoms with van der Waals surface area (Å²) in [5, 5.41) is 0. The van der Waals surface area contributed by atoms with Crippen LogP contribution < -0.4 is 0 Å². The van der Waals surface area contributed by atoms with Gasteiger partial charge in [-0.2, -0.15) is 0 Å². The van der Waals surface area contributed by atoms with E-state index < -0.39 is 0 Å². The third-order valence-electron chi connectivity index (χ3n) is 0.697. The van der Waals surface area contributed by atoms with E-state index in [1.165, 1.54) is 0 Å². The molecular weight excluding hydrogens is 116 g/mol. The predicted molar refractivity (Wildman–Crippen MR) is 39.7 cm³/mol. The molecule has 0 saturated heterocycles. The Kier molecular flexibility index (Phi) is 20.3. The first-order chi connectivity index (χ1) is 4.33. The normalized spacial score (nSPS) is 8.00. The zero-order valence-corrected chi connectivity index (χ0v) is 6.94. The lowest BCUT2D eigenvalue weighted by Crippen LogP contribution is -1.80. The fourth-order valence-corrected chi connectivity index (χ4v) is 0.204. The van der Waals surface area contributed by atoms with E-state index in [1.54, 1.807) is 14.2 Å². The van der Waals surface area contributed by atoms with Crippen molar-refractivity contribution in [1.29, 1.82) is 0 Å². The maximum atomic E-state index is 4.69. The second-order valence-electron chi connectivity index (χ2n) is 1.57. The van der Waals surface area contributed by atoms with Crippen molar-refractivity contribution in [3.63, 3.8) is 0 Å². The molecule has 2 nitrogen and oxygen atoms in total. The van der Waals surface area contributed by atoms with Crippen molar-refractivity contribution < 1.29 is 9.47 Å². The summed E-state index contributed by atoms with van der Waals surface area (Å²) in [5.41, 5.74) is 0. The van der Waals surface area contributed by atoms with E-state index in [1.807, 2.05) is 6.92 Å². The number of methoxy groups -OCH3 is 2. The summed E-state index contributed by atoms with van der Waals surface area (Å²) in [5.74, 6) is 0. The third kappa shape index (κ3) is 32.6. The fraction of sp³-hybridized carbons (Fsp3) is 1.00. The molecule has 0 aromatic carbocycles. The molecule has 0 aromatic rings. The van der Waals surface area contributed by atoms with E-state index in [9.17, 15) is 0 Å². The predicted octanol–water partition coefficient (Wildman–Crippen LogP) is 1.70. The van der Waals surface area contributed by atoms with Crippen LogP contribution in [-0.2, 0) is 9.47 Å². The Bertz CT molecular complexity index is 26.1. The van der Waals surface area contributed by atoms with Gasteiger partial charge in [0.15, 0.2) is 0 Å². The van der Waals surface area contributed by atoms with Crippen LogP contribution in [0.4, 0.5) is 0 Å². The highest BCUT2D eigenvalue weighted by atomic mass is 16.5. The minimum absolute atomic E-state index is 0.819. The van der Waals surface area contributed by atoms with Crippen LogP contribution in [0.5, 0.6) is 0 Å². The zero-order chi connectivity index (χ0) is 7.54. The first kappa shape index (κ1) is 11.7. The SMILES string of the molecule is CCCOC.CCOC. The molecule has 0 amide bonds. The summed E-state index contributed by atoms with van der Waals surface area (Å²) in [6, 6.07) is 0. The van der Waals surface area contributed by atoms with Gasteiger partial charge in [0.1, 0.15) is 0 Å². The molecule has 0 unspecified atom stereocenters. The van der Waals surface area contributed by atoms with Crippen LogP contribution in [0.15, 0.2) is 0 Å². The van der Waals surface area contributed by atoms with Crippen LogP contribution in [0.3, 0.4) is 0 Å². The molecule has 0 saturated carbocycles. The van der Waals surface area contributed by atoms with Gasteiger partial charge in [0, 0.05) is 27.4 Å². The largest absolute Gasteiger partial charge is 0.385 e. The summed E-state index contributed by atoms with van der Waals surface area (Å²) in [7, 11) is 3.39. The van der Waals surface area contributed by atoms with Crippen LogP contribution >= 0.6 is 0 Å². The molecule has 58 valence electrons. The summed E-state index contributed by atoms with van der Waals surface area (Å²) in [6.45, 7) is 5.75. The van der Waals surface area contributed by atoms with Gasteiger partial charge >= 0.3 is 0 Å². The van der Waals surface area contributed by atoms with Gasteiger partial charge in [0.25, 0.3) is 0 Å². The van der Waals surface area contributed by atoms with Crippen LogP contribution in [0.1, 0.15) is 20.3 Å². The highest BCUT2D eigenvalue weighted by molar-refractivity contribution is 4.15. The van der Waals surface area contributed by atoms with Crippen molar-refractivity contribution in [2.24, 2.45) is 0 Å². The smallest absolute Gasteiger partial charge is 0.0459 e. The van der Waals surface area contributed by atoms with Crippen LogP contribution in [0.2, 0.25) is 0 Å². The third-order valence-corrected chi connectivity index (χ3v) is 0.697. The van der Waals surface area contributed by atoms with Gasteiger partial charge in [-0.15, -0.1) is 0 Å². The lowest BCUT2D eigenvalue weighted by Gasteiger charge is -1.84. The molecular formula is C7H18O2. The lowest BCUT2D eigenvalue weighted by atomic mass is 10.5. The van der Waals surface area contributed by atoms with Crippen LogP contribution in [-0.4, -0.2) is 27.4 Å². The molecule has 0 aliphatic rings. The molecule has 0 radical (unpaired) electrons. The summed E-state index contributed by atoms with van der Waals surface area (Å²) in [6.07, 6.45) is 1.12. The van der Waals surface area contributed by atoms with Crippen molar-refractivity contribution in [1.82, 2.24) is 0 Å². The van der Waals surface area contributed by atoms with E-state index in [-0.39, 0.29) is 0 Å². The maximum absolute atomic E-state index is 4.69. The van der Waals surface area contributed by atoms with Gasteiger partial charge in [-0.3, -0.25) is 0 Å². The molecule has 0 heterocycles. The molecule has 0 N–H and O–H groups in total. The number of rotatable bonds is 3. The van der Waals surface area contributed by atoms with Gasteiger partial charge in [0.2, 0.25) is 0 Å². The van der Waals surface area contributed by atoms with E-state index in [0.717, 1.165) is 19.6 Å². The van der Waals surface area contributed by atoms with Crippen molar-refractivity contribution in [3.8, 4) is 0 Å². The second-order valence-corrected chi connectivity index (χ2v) is 1.57. The first-order valence-electron chi connectivity index (χ1n) is 3.31. The van der Waals surface area contributed by atoms with Gasteiger partial charge in [-0.1, -0.05) is 6.92 Å². The van der Waals surface area contributed by atoms with Crippen LogP contribution in [0, 0.1) is 0 Å². The van der Waals surface area contributed by atoms with Crippen LogP contribution in [0.25, 0.3) is 0 Å². The standard InChI is InChI=1S/C4H10O.C3H8O/c1-3-4-5-2;1-3-4-2/h3-4H2,1-2H3;3H2,1-2H3. The molecule has 0 spiro atoms. The minimum Gasteiger partial charge on any atom is -0.385 e.